The van der Waals surface area contributed by atoms with Gasteiger partial charge in [-0.05, 0) is 126 Å². The number of anilines is 6. The van der Waals surface area contributed by atoms with Crippen LogP contribution < -0.4 is 9.80 Å². The van der Waals surface area contributed by atoms with Crippen LogP contribution in [0.15, 0.2) is 211 Å². The van der Waals surface area contributed by atoms with E-state index in [-0.39, 0.29) is 0 Å². The maximum absolute atomic E-state index is 6.69. The smallest absolute Gasteiger partial charge is 0.147 e. The molecule has 262 valence electrons. The molecule has 8 aromatic carbocycles. The lowest BCUT2D eigenvalue weighted by Crippen LogP contribution is -2.09. The van der Waals surface area contributed by atoms with Crippen LogP contribution >= 0.6 is 7.53 Å². The quantitative estimate of drug-likeness (QED) is 0.156. The molecule has 0 amide bonds. The van der Waals surface area contributed by atoms with Crippen LogP contribution in [0.2, 0.25) is 0 Å². The predicted molar refractivity (Wildman–Crippen MR) is 235 cm³/mol. The minimum Gasteiger partial charge on any atom is -0.455 e. The molecule has 2 aromatic heterocycles. The molecular weight excluding hydrogens is 688 g/mol. The summed E-state index contributed by atoms with van der Waals surface area (Å²) in [6, 6.07) is 73.5. The van der Waals surface area contributed by atoms with E-state index in [4.69, 9.17) is 4.42 Å². The molecule has 10 rings (SSSR count). The molecule has 0 aliphatic heterocycles. The molecular formula is C51H37N2OP. The van der Waals surface area contributed by atoms with E-state index < -0.39 is 7.53 Å². The van der Waals surface area contributed by atoms with Gasteiger partial charge in [-0.15, -0.1) is 7.53 Å². The van der Waals surface area contributed by atoms with Crippen molar-refractivity contribution in [1.82, 2.24) is 0 Å². The van der Waals surface area contributed by atoms with Gasteiger partial charge in [-0.2, -0.15) is 0 Å². The summed E-state index contributed by atoms with van der Waals surface area (Å²) < 4.78 is 6.69. The molecule has 4 heteroatoms. The molecule has 0 N–H and O–H groups in total. The van der Waals surface area contributed by atoms with Crippen molar-refractivity contribution >= 4 is 73.8 Å². The highest BCUT2D eigenvalue weighted by Gasteiger charge is 2.19. The third kappa shape index (κ3) is 5.96. The third-order valence-corrected chi connectivity index (χ3v) is 12.8. The molecule has 0 fully saturated rings. The fourth-order valence-corrected chi connectivity index (χ4v) is 9.97. The number of benzene rings is 8. The Balaban J connectivity index is 0.988. The maximum atomic E-state index is 6.69. The van der Waals surface area contributed by atoms with Gasteiger partial charge in [0.05, 0.1) is 0 Å². The van der Waals surface area contributed by atoms with Crippen molar-refractivity contribution in [3.8, 4) is 22.3 Å². The standard InChI is InChI=1S/C51H37N2OP/c1-55-49-33-27-39(37-24-30-45(31-25-37)53(42-18-10-4-11-19-42)43-20-12-5-13-21-43)35-47(49)50-51(55)46-34-38(26-32-48(46)54-50)36-22-28-44(29-23-36)52(40-14-6-2-7-15-40)41-16-8-3-9-17-41/h2-35H,1H3. The Morgan fingerprint density at radius 3 is 1.16 bits per heavy atom. The summed E-state index contributed by atoms with van der Waals surface area (Å²) >= 11 is 0. The Morgan fingerprint density at radius 2 is 0.727 bits per heavy atom. The molecule has 0 aliphatic carbocycles. The van der Waals surface area contributed by atoms with Crippen LogP contribution in [0, 0.1) is 0 Å². The zero-order chi connectivity index (χ0) is 36.7. The molecule has 2 heterocycles. The number of hydrogen-bond acceptors (Lipinski definition) is 3. The summed E-state index contributed by atoms with van der Waals surface area (Å²) in [4.78, 5) is 4.59. The van der Waals surface area contributed by atoms with Gasteiger partial charge in [0, 0.05) is 55.1 Å². The fourth-order valence-electron chi connectivity index (χ4n) is 7.90. The molecule has 1 unspecified atom stereocenters. The number of hydrogen-bond donors (Lipinski definition) is 0. The van der Waals surface area contributed by atoms with Crippen molar-refractivity contribution in [2.45, 2.75) is 0 Å². The van der Waals surface area contributed by atoms with Gasteiger partial charge in [-0.25, -0.2) is 0 Å². The Morgan fingerprint density at radius 1 is 0.364 bits per heavy atom. The van der Waals surface area contributed by atoms with Crippen LogP contribution in [0.1, 0.15) is 0 Å². The molecule has 0 saturated heterocycles. The first-order valence-electron chi connectivity index (χ1n) is 18.7. The predicted octanol–water partition coefficient (Wildman–Crippen LogP) is 15.5. The zero-order valence-electron chi connectivity index (χ0n) is 30.4. The maximum Gasteiger partial charge on any atom is 0.147 e. The second-order valence-electron chi connectivity index (χ2n) is 13.9. The van der Waals surface area contributed by atoms with Gasteiger partial charge in [-0.3, -0.25) is 0 Å². The lowest BCUT2D eigenvalue weighted by molar-refractivity contribution is 0.673. The Hall–Kier alpha value is -6.80. The third-order valence-electron chi connectivity index (χ3n) is 10.6. The minimum atomic E-state index is -0.560. The summed E-state index contributed by atoms with van der Waals surface area (Å²) in [5.74, 6) is 0. The minimum absolute atomic E-state index is 0.560. The first kappa shape index (κ1) is 32.8. The molecule has 1 atom stereocenters. The summed E-state index contributed by atoms with van der Waals surface area (Å²) in [5, 5.41) is 5.14. The van der Waals surface area contributed by atoms with Gasteiger partial charge in [-0.1, -0.05) is 109 Å². The molecule has 3 nitrogen and oxygen atoms in total. The van der Waals surface area contributed by atoms with Gasteiger partial charge in [0.25, 0.3) is 0 Å². The molecule has 10 aromatic rings. The number of nitrogens with zero attached hydrogens (tertiary/aromatic N) is 2. The van der Waals surface area contributed by atoms with E-state index in [1.54, 1.807) is 0 Å². The Labute approximate surface area is 322 Å². The molecule has 0 radical (unpaired) electrons. The number of fused-ring (bicyclic) bond motifs is 5. The Kier molecular flexibility index (Phi) is 8.28. The van der Waals surface area contributed by atoms with Crippen molar-refractivity contribution in [2.75, 3.05) is 9.80 Å². The van der Waals surface area contributed by atoms with Gasteiger partial charge < -0.3 is 14.2 Å². The van der Waals surface area contributed by atoms with Crippen LogP contribution in [-0.2, 0) is 6.66 Å². The van der Waals surface area contributed by atoms with Crippen LogP contribution in [0.3, 0.4) is 0 Å². The van der Waals surface area contributed by atoms with E-state index in [0.29, 0.717) is 0 Å². The van der Waals surface area contributed by atoms with E-state index >= 15 is 0 Å². The van der Waals surface area contributed by atoms with Crippen molar-refractivity contribution < 1.29 is 4.42 Å². The van der Waals surface area contributed by atoms with E-state index in [1.807, 2.05) is 0 Å². The van der Waals surface area contributed by atoms with Crippen LogP contribution in [0.25, 0.3) is 54.4 Å². The van der Waals surface area contributed by atoms with Crippen LogP contribution in [0.5, 0.6) is 0 Å². The Bertz CT molecular complexity index is 2690. The highest BCUT2D eigenvalue weighted by molar-refractivity contribution is 7.60. The summed E-state index contributed by atoms with van der Waals surface area (Å²) in [5.41, 5.74) is 13.5. The zero-order valence-corrected chi connectivity index (χ0v) is 31.3. The summed E-state index contributed by atoms with van der Waals surface area (Å²) in [6.07, 6.45) is 0. The van der Waals surface area contributed by atoms with Gasteiger partial charge in [0.15, 0.2) is 0 Å². The van der Waals surface area contributed by atoms with Gasteiger partial charge in [0.2, 0.25) is 0 Å². The molecule has 55 heavy (non-hydrogen) atoms. The number of rotatable bonds is 8. The van der Waals surface area contributed by atoms with E-state index in [0.717, 1.165) is 45.3 Å². The van der Waals surface area contributed by atoms with Gasteiger partial charge >= 0.3 is 0 Å². The SMILES string of the molecule is Cp1c2ccc(-c3ccc(N(c4ccccc4)c4ccccc4)cc3)cc2c2oc3ccc(-c4ccc(N(c5ccccc5)c5ccccc5)cc4)cc3c21. The largest absolute Gasteiger partial charge is 0.455 e. The van der Waals surface area contributed by atoms with Crippen molar-refractivity contribution in [3.63, 3.8) is 0 Å². The van der Waals surface area contributed by atoms with Crippen LogP contribution in [-0.4, -0.2) is 0 Å². The first-order chi connectivity index (χ1) is 27.2. The average Bonchev–Trinajstić information content (AvgIpc) is 3.77. The monoisotopic (exact) mass is 724 g/mol. The van der Waals surface area contributed by atoms with Gasteiger partial charge in [0.1, 0.15) is 11.2 Å². The normalized spacial score (nSPS) is 11.7. The van der Waals surface area contributed by atoms with Crippen LogP contribution in [0.4, 0.5) is 34.1 Å². The second-order valence-corrected chi connectivity index (χ2v) is 15.9. The topological polar surface area (TPSA) is 19.6 Å². The van der Waals surface area contributed by atoms with Crippen molar-refractivity contribution in [1.29, 1.82) is 0 Å². The molecule has 0 bridgehead atoms. The van der Waals surface area contributed by atoms with E-state index in [2.05, 4.69) is 223 Å². The summed E-state index contributed by atoms with van der Waals surface area (Å²) in [7, 11) is -0.560. The average molecular weight is 725 g/mol. The number of para-hydroxylation sites is 4. The molecule has 0 saturated carbocycles. The second kappa shape index (κ2) is 13.9. The molecule has 0 aliphatic rings. The lowest BCUT2D eigenvalue weighted by atomic mass is 10.0. The first-order valence-corrected chi connectivity index (χ1v) is 20.4. The molecule has 0 spiro atoms. The number of aryl methyl sites for hydroxylation is 1. The lowest BCUT2D eigenvalue weighted by Gasteiger charge is -2.25. The van der Waals surface area contributed by atoms with Crippen molar-refractivity contribution in [2.24, 2.45) is 6.66 Å². The highest BCUT2D eigenvalue weighted by Crippen LogP contribution is 2.52. The van der Waals surface area contributed by atoms with E-state index in [1.165, 1.54) is 43.3 Å². The highest BCUT2D eigenvalue weighted by atomic mass is 31.1. The van der Waals surface area contributed by atoms with Crippen molar-refractivity contribution in [3.05, 3.63) is 206 Å². The summed E-state index contributed by atoms with van der Waals surface area (Å²) in [6.45, 7) is 2.37. The van der Waals surface area contributed by atoms with E-state index in [9.17, 15) is 0 Å². The number of furan rings is 1. The fraction of sp³-hybridized carbons (Fsp3) is 0.0196.